The fourth-order valence-corrected chi connectivity index (χ4v) is 1.87. The molecule has 1 N–H and O–H groups in total. The molecule has 0 saturated heterocycles. The molecule has 12 heavy (non-hydrogen) atoms. The molecular formula is C9H10OS2. The first-order valence-electron chi connectivity index (χ1n) is 3.70. The van der Waals surface area contributed by atoms with Crippen molar-refractivity contribution in [2.45, 2.75) is 6.92 Å². The highest BCUT2D eigenvalue weighted by atomic mass is 32.2. The summed E-state index contributed by atoms with van der Waals surface area (Å²) in [7, 11) is 0. The molecule has 1 nitrogen and oxygen atoms in total. The largest absolute Gasteiger partial charge is 0.508 e. The van der Waals surface area contributed by atoms with Crippen molar-refractivity contribution in [1.82, 2.24) is 0 Å². The number of aromatic hydroxyl groups is 1. The highest BCUT2D eigenvalue weighted by molar-refractivity contribution is 8.23. The van der Waals surface area contributed by atoms with E-state index < -0.39 is 0 Å². The molecule has 0 aliphatic carbocycles. The maximum absolute atomic E-state index is 9.02. The second-order valence-electron chi connectivity index (χ2n) is 2.27. The number of phenolic OH excluding ortho intramolecular Hbond substituents is 1. The van der Waals surface area contributed by atoms with Crippen LogP contribution in [0.2, 0.25) is 0 Å². The van der Waals surface area contributed by atoms with Gasteiger partial charge in [0, 0.05) is 0 Å². The Morgan fingerprint density at radius 3 is 2.50 bits per heavy atom. The van der Waals surface area contributed by atoms with Crippen molar-refractivity contribution < 1.29 is 5.11 Å². The average Bonchev–Trinajstić information content (AvgIpc) is 2.06. The molecule has 0 amide bonds. The Labute approximate surface area is 81.8 Å². The van der Waals surface area contributed by atoms with Crippen molar-refractivity contribution in [3.05, 3.63) is 29.8 Å². The minimum absolute atomic E-state index is 0.281. The summed E-state index contributed by atoms with van der Waals surface area (Å²) >= 11 is 6.78. The van der Waals surface area contributed by atoms with Crippen molar-refractivity contribution in [2.75, 3.05) is 5.75 Å². The molecule has 0 unspecified atom stereocenters. The lowest BCUT2D eigenvalue weighted by Gasteiger charge is -2.00. The van der Waals surface area contributed by atoms with Crippen LogP contribution in [0.15, 0.2) is 24.3 Å². The summed E-state index contributed by atoms with van der Waals surface area (Å²) in [5.74, 6) is 1.27. The van der Waals surface area contributed by atoms with Gasteiger partial charge >= 0.3 is 0 Å². The third-order valence-electron chi connectivity index (χ3n) is 1.38. The smallest absolute Gasteiger partial charge is 0.115 e. The van der Waals surface area contributed by atoms with Crippen LogP contribution < -0.4 is 0 Å². The van der Waals surface area contributed by atoms with E-state index in [-0.39, 0.29) is 5.75 Å². The number of thioether (sulfide) groups is 1. The van der Waals surface area contributed by atoms with Gasteiger partial charge in [0.1, 0.15) is 5.75 Å². The SMILES string of the molecule is CCSC(=S)c1ccc(O)cc1. The van der Waals surface area contributed by atoms with Crippen molar-refractivity contribution >= 4 is 28.2 Å². The molecule has 0 bridgehead atoms. The Bertz CT molecular complexity index is 266. The van der Waals surface area contributed by atoms with Crippen molar-refractivity contribution in [3.8, 4) is 5.75 Å². The maximum Gasteiger partial charge on any atom is 0.115 e. The molecule has 0 spiro atoms. The van der Waals surface area contributed by atoms with Crippen LogP contribution in [0.3, 0.4) is 0 Å². The van der Waals surface area contributed by atoms with E-state index in [0.29, 0.717) is 0 Å². The highest BCUT2D eigenvalue weighted by Crippen LogP contribution is 2.16. The van der Waals surface area contributed by atoms with Gasteiger partial charge in [0.15, 0.2) is 0 Å². The van der Waals surface area contributed by atoms with Crippen molar-refractivity contribution in [3.63, 3.8) is 0 Å². The minimum atomic E-state index is 0.281. The molecule has 64 valence electrons. The van der Waals surface area contributed by atoms with E-state index in [1.807, 2.05) is 12.1 Å². The fraction of sp³-hybridized carbons (Fsp3) is 0.222. The first kappa shape index (κ1) is 9.55. The van der Waals surface area contributed by atoms with Crippen LogP contribution >= 0.6 is 24.0 Å². The number of hydrogen-bond acceptors (Lipinski definition) is 3. The van der Waals surface area contributed by atoms with Gasteiger partial charge in [-0.25, -0.2) is 0 Å². The number of hydrogen-bond donors (Lipinski definition) is 1. The van der Waals surface area contributed by atoms with E-state index >= 15 is 0 Å². The lowest BCUT2D eigenvalue weighted by atomic mass is 10.2. The van der Waals surface area contributed by atoms with E-state index in [2.05, 4.69) is 6.92 Å². The predicted octanol–water partition coefficient (Wildman–Crippen LogP) is 2.82. The summed E-state index contributed by atoms with van der Waals surface area (Å²) in [4.78, 5) is 0. The number of rotatable bonds is 2. The van der Waals surface area contributed by atoms with Gasteiger partial charge < -0.3 is 5.11 Å². The molecular weight excluding hydrogens is 188 g/mol. The Kier molecular flexibility index (Phi) is 3.56. The molecule has 1 aromatic rings. The molecule has 0 heterocycles. The molecule has 0 aromatic heterocycles. The van der Waals surface area contributed by atoms with Gasteiger partial charge in [-0.1, -0.05) is 19.1 Å². The molecule has 0 fully saturated rings. The Balaban J connectivity index is 2.75. The summed E-state index contributed by atoms with van der Waals surface area (Å²) in [6, 6.07) is 6.97. The average molecular weight is 198 g/mol. The van der Waals surface area contributed by atoms with E-state index in [0.717, 1.165) is 15.5 Å². The summed E-state index contributed by atoms with van der Waals surface area (Å²) in [5, 5.41) is 9.02. The first-order chi connectivity index (χ1) is 5.74. The van der Waals surface area contributed by atoms with E-state index in [1.165, 1.54) is 0 Å². The summed E-state index contributed by atoms with van der Waals surface area (Å²) in [5.41, 5.74) is 1.01. The van der Waals surface area contributed by atoms with Gasteiger partial charge in [-0.15, -0.1) is 11.8 Å². The monoisotopic (exact) mass is 198 g/mol. The van der Waals surface area contributed by atoms with Gasteiger partial charge in [-0.2, -0.15) is 0 Å². The van der Waals surface area contributed by atoms with Crippen LogP contribution in [-0.4, -0.2) is 15.1 Å². The zero-order valence-corrected chi connectivity index (χ0v) is 8.41. The second kappa shape index (κ2) is 4.48. The van der Waals surface area contributed by atoms with Gasteiger partial charge in [-0.05, 0) is 35.6 Å². The van der Waals surface area contributed by atoms with E-state index in [9.17, 15) is 0 Å². The maximum atomic E-state index is 9.02. The molecule has 0 atom stereocenters. The number of thiocarbonyl (C=S) groups is 1. The molecule has 1 rings (SSSR count). The van der Waals surface area contributed by atoms with Gasteiger partial charge in [-0.3, -0.25) is 0 Å². The summed E-state index contributed by atoms with van der Waals surface area (Å²) in [6.45, 7) is 2.07. The Morgan fingerprint density at radius 2 is 2.00 bits per heavy atom. The Morgan fingerprint density at radius 1 is 1.42 bits per heavy atom. The molecule has 0 aliphatic heterocycles. The van der Waals surface area contributed by atoms with Gasteiger partial charge in [0.2, 0.25) is 0 Å². The van der Waals surface area contributed by atoms with Crippen LogP contribution in [0.1, 0.15) is 12.5 Å². The third kappa shape index (κ3) is 2.50. The van der Waals surface area contributed by atoms with Crippen LogP contribution in [0.4, 0.5) is 0 Å². The number of phenols is 1. The molecule has 1 aromatic carbocycles. The summed E-state index contributed by atoms with van der Waals surface area (Å²) < 4.78 is 0.887. The quantitative estimate of drug-likeness (QED) is 0.738. The molecule has 0 radical (unpaired) electrons. The van der Waals surface area contributed by atoms with E-state index in [4.69, 9.17) is 17.3 Å². The second-order valence-corrected chi connectivity index (χ2v) is 4.21. The molecule has 0 saturated carbocycles. The van der Waals surface area contributed by atoms with Gasteiger partial charge in [0.25, 0.3) is 0 Å². The predicted molar refractivity (Wildman–Crippen MR) is 57.9 cm³/mol. The van der Waals surface area contributed by atoms with Crippen molar-refractivity contribution in [2.24, 2.45) is 0 Å². The first-order valence-corrected chi connectivity index (χ1v) is 5.09. The van der Waals surface area contributed by atoms with Crippen molar-refractivity contribution in [1.29, 1.82) is 0 Å². The Hall–Kier alpha value is -0.540. The molecule has 3 heteroatoms. The lowest BCUT2D eigenvalue weighted by Crippen LogP contribution is -1.90. The van der Waals surface area contributed by atoms with Gasteiger partial charge in [0.05, 0.1) is 4.20 Å². The van der Waals surface area contributed by atoms with Crippen LogP contribution in [0.25, 0.3) is 0 Å². The summed E-state index contributed by atoms with van der Waals surface area (Å²) in [6.07, 6.45) is 0. The third-order valence-corrected chi connectivity index (χ3v) is 2.75. The fourth-order valence-electron chi connectivity index (χ4n) is 0.812. The zero-order valence-electron chi connectivity index (χ0n) is 6.78. The topological polar surface area (TPSA) is 20.2 Å². The zero-order chi connectivity index (χ0) is 8.97. The van der Waals surface area contributed by atoms with E-state index in [1.54, 1.807) is 23.9 Å². The highest BCUT2D eigenvalue weighted by Gasteiger charge is 1.99. The lowest BCUT2D eigenvalue weighted by molar-refractivity contribution is 0.475. The standard InChI is InChI=1S/C9H10OS2/c1-2-12-9(11)7-3-5-8(10)6-4-7/h3-6,10H,2H2,1H3. The number of benzene rings is 1. The van der Waals surface area contributed by atoms with Crippen LogP contribution in [0, 0.1) is 0 Å². The van der Waals surface area contributed by atoms with Crippen LogP contribution in [-0.2, 0) is 0 Å². The molecule has 0 aliphatic rings. The van der Waals surface area contributed by atoms with Crippen LogP contribution in [0.5, 0.6) is 5.75 Å². The normalized spacial score (nSPS) is 9.75. The minimum Gasteiger partial charge on any atom is -0.508 e.